The average molecular weight is 579 g/mol. The van der Waals surface area contributed by atoms with Gasteiger partial charge in [-0.2, -0.15) is 0 Å². The smallest absolute Gasteiger partial charge is 0.275 e. The third-order valence-corrected chi connectivity index (χ3v) is 6.85. The van der Waals surface area contributed by atoms with Gasteiger partial charge in [0.2, 0.25) is 0 Å². The zero-order chi connectivity index (χ0) is 30.7. The molecule has 2 amide bonds. The predicted octanol–water partition coefficient (Wildman–Crippen LogP) is 6.08. The monoisotopic (exact) mass is 578 g/mol. The second-order valence-electron chi connectivity index (χ2n) is 9.91. The van der Waals surface area contributed by atoms with Gasteiger partial charge < -0.3 is 15.2 Å². The first kappa shape index (κ1) is 28.5. The first-order valence-electron chi connectivity index (χ1n) is 13.1. The molecule has 4 aromatic carbocycles. The average Bonchev–Trinajstić information content (AvgIpc) is 3.44. The van der Waals surface area contributed by atoms with E-state index in [-0.39, 0.29) is 28.4 Å². The molecule has 0 aliphatic carbocycles. The number of non-ortho nitro benzene ring substituents is 2. The van der Waals surface area contributed by atoms with Crippen molar-refractivity contribution in [2.75, 3.05) is 29.2 Å². The van der Waals surface area contributed by atoms with E-state index in [1.165, 1.54) is 53.4 Å². The zero-order valence-electron chi connectivity index (χ0n) is 23.1. The van der Waals surface area contributed by atoms with Crippen LogP contribution in [-0.4, -0.2) is 40.7 Å². The van der Waals surface area contributed by atoms with Crippen molar-refractivity contribution in [3.8, 4) is 0 Å². The van der Waals surface area contributed by atoms with E-state index in [0.717, 1.165) is 11.1 Å². The summed E-state index contributed by atoms with van der Waals surface area (Å²) in [5.74, 6) is -1.30. The molecule has 0 saturated carbocycles. The molecule has 43 heavy (non-hydrogen) atoms. The van der Waals surface area contributed by atoms with Gasteiger partial charge in [-0.05, 0) is 42.0 Å². The number of hydrogen-bond donors (Lipinski definition) is 2. The van der Waals surface area contributed by atoms with E-state index in [1.54, 1.807) is 36.4 Å². The number of para-hydroxylation sites is 1. The molecule has 0 fully saturated rings. The minimum Gasteiger partial charge on any atom is -0.378 e. The molecule has 2 N–H and O–H groups in total. The molecule has 0 aliphatic heterocycles. The van der Waals surface area contributed by atoms with Crippen LogP contribution in [0.5, 0.6) is 0 Å². The topological polar surface area (TPSA) is 155 Å². The first-order valence-corrected chi connectivity index (χ1v) is 13.1. The quantitative estimate of drug-likeness (QED) is 0.159. The summed E-state index contributed by atoms with van der Waals surface area (Å²) in [6, 6.07) is 25.4. The standard InChI is InChI=1S/C31H26N6O6/c1-34(2)23-15-13-20(14-16-23)29(30(38)32-22-8-5-10-25(18-22)36(40)41)35(24-9-6-11-26(19-24)37(42)43)31(39)28-17-21-7-3-4-12-27(21)33-28/h3-19,29,33H,1-2H3,(H,32,38)/t29-/m0/s1. The Labute approximate surface area is 245 Å². The summed E-state index contributed by atoms with van der Waals surface area (Å²) in [6.45, 7) is 0. The number of carbonyl (C=O) groups excluding carboxylic acids is 2. The maximum absolute atomic E-state index is 14.3. The Morgan fingerprint density at radius 2 is 1.42 bits per heavy atom. The van der Waals surface area contributed by atoms with Crippen molar-refractivity contribution in [2.24, 2.45) is 0 Å². The van der Waals surface area contributed by atoms with Crippen LogP contribution in [0.4, 0.5) is 28.4 Å². The highest BCUT2D eigenvalue weighted by Gasteiger charge is 2.35. The number of nitrogens with zero attached hydrogens (tertiary/aromatic N) is 4. The van der Waals surface area contributed by atoms with Gasteiger partial charge >= 0.3 is 0 Å². The molecule has 12 heteroatoms. The number of benzene rings is 4. The number of H-pyrrole nitrogens is 1. The molecule has 5 aromatic rings. The van der Waals surface area contributed by atoms with Crippen molar-refractivity contribution in [2.45, 2.75) is 6.04 Å². The van der Waals surface area contributed by atoms with Gasteiger partial charge in [0.25, 0.3) is 23.2 Å². The van der Waals surface area contributed by atoms with Crippen LogP contribution >= 0.6 is 0 Å². The number of nitro groups is 2. The van der Waals surface area contributed by atoms with Crippen LogP contribution in [-0.2, 0) is 4.79 Å². The number of amides is 2. The molecular formula is C31H26N6O6. The van der Waals surface area contributed by atoms with Gasteiger partial charge in [0.05, 0.1) is 15.5 Å². The highest BCUT2D eigenvalue weighted by atomic mass is 16.6. The van der Waals surface area contributed by atoms with E-state index in [2.05, 4.69) is 10.3 Å². The molecule has 12 nitrogen and oxygen atoms in total. The van der Waals surface area contributed by atoms with Crippen LogP contribution in [0.1, 0.15) is 22.1 Å². The molecule has 5 rings (SSSR count). The van der Waals surface area contributed by atoms with Gasteiger partial charge in [-0.15, -0.1) is 0 Å². The Bertz CT molecular complexity index is 1820. The molecular weight excluding hydrogens is 552 g/mol. The minimum absolute atomic E-state index is 0.105. The van der Waals surface area contributed by atoms with Gasteiger partial charge in [-0.25, -0.2) is 0 Å². The lowest BCUT2D eigenvalue weighted by atomic mass is 10.0. The summed E-state index contributed by atoms with van der Waals surface area (Å²) in [7, 11) is 3.71. The number of hydrogen-bond acceptors (Lipinski definition) is 7. The van der Waals surface area contributed by atoms with E-state index in [1.807, 2.05) is 37.2 Å². The van der Waals surface area contributed by atoms with Crippen molar-refractivity contribution in [3.05, 3.63) is 135 Å². The second-order valence-corrected chi connectivity index (χ2v) is 9.91. The van der Waals surface area contributed by atoms with Crippen molar-refractivity contribution < 1.29 is 19.4 Å². The molecule has 1 aromatic heterocycles. The van der Waals surface area contributed by atoms with E-state index in [9.17, 15) is 29.8 Å². The number of nitrogens with one attached hydrogen (secondary N) is 2. The fourth-order valence-electron chi connectivity index (χ4n) is 4.74. The molecule has 0 spiro atoms. The number of fused-ring (bicyclic) bond motifs is 1. The van der Waals surface area contributed by atoms with Crippen LogP contribution < -0.4 is 15.1 Å². The largest absolute Gasteiger partial charge is 0.378 e. The molecule has 0 radical (unpaired) electrons. The summed E-state index contributed by atoms with van der Waals surface area (Å²) < 4.78 is 0. The highest BCUT2D eigenvalue weighted by molar-refractivity contribution is 6.12. The van der Waals surface area contributed by atoms with Crippen molar-refractivity contribution in [1.29, 1.82) is 0 Å². The molecule has 0 saturated heterocycles. The summed E-state index contributed by atoms with van der Waals surface area (Å²) in [6.07, 6.45) is 0. The summed E-state index contributed by atoms with van der Waals surface area (Å²) in [4.78, 5) is 56.5. The third kappa shape index (κ3) is 6.03. The van der Waals surface area contributed by atoms with E-state index >= 15 is 0 Å². The SMILES string of the molecule is CN(C)c1ccc([C@@H](C(=O)Nc2cccc([N+](=O)[O-])c2)N(C(=O)c2cc3ccccc3[nH]2)c2cccc([N+](=O)[O-])c2)cc1. The molecule has 1 atom stereocenters. The lowest BCUT2D eigenvalue weighted by molar-refractivity contribution is -0.385. The van der Waals surface area contributed by atoms with Crippen LogP contribution in [0, 0.1) is 20.2 Å². The Balaban J connectivity index is 1.68. The Morgan fingerprint density at radius 1 is 0.767 bits per heavy atom. The molecule has 0 unspecified atom stereocenters. The summed E-state index contributed by atoms with van der Waals surface area (Å²) >= 11 is 0. The predicted molar refractivity (Wildman–Crippen MR) is 163 cm³/mol. The molecule has 1 heterocycles. The van der Waals surface area contributed by atoms with E-state index in [4.69, 9.17) is 0 Å². The van der Waals surface area contributed by atoms with Crippen LogP contribution in [0.2, 0.25) is 0 Å². The number of aromatic amines is 1. The van der Waals surface area contributed by atoms with Crippen molar-refractivity contribution >= 4 is 51.2 Å². The van der Waals surface area contributed by atoms with Crippen molar-refractivity contribution in [1.82, 2.24) is 4.98 Å². The molecule has 216 valence electrons. The highest BCUT2D eigenvalue weighted by Crippen LogP contribution is 2.34. The number of rotatable bonds is 9. The number of aromatic nitrogens is 1. The normalized spacial score (nSPS) is 11.5. The number of carbonyl (C=O) groups is 2. The maximum atomic E-state index is 14.3. The maximum Gasteiger partial charge on any atom is 0.275 e. The van der Waals surface area contributed by atoms with Crippen LogP contribution in [0.15, 0.2) is 103 Å². The van der Waals surface area contributed by atoms with Crippen molar-refractivity contribution in [3.63, 3.8) is 0 Å². The van der Waals surface area contributed by atoms with E-state index < -0.39 is 27.7 Å². The fraction of sp³-hybridized carbons (Fsp3) is 0.0968. The Morgan fingerprint density at radius 3 is 2.07 bits per heavy atom. The lowest BCUT2D eigenvalue weighted by Crippen LogP contribution is -2.41. The lowest BCUT2D eigenvalue weighted by Gasteiger charge is -2.31. The van der Waals surface area contributed by atoms with Crippen LogP contribution in [0.25, 0.3) is 10.9 Å². The van der Waals surface area contributed by atoms with Crippen LogP contribution in [0.3, 0.4) is 0 Å². The Hall–Kier alpha value is -6.04. The Kier molecular flexibility index (Phi) is 7.84. The van der Waals surface area contributed by atoms with Gasteiger partial charge in [0.15, 0.2) is 0 Å². The van der Waals surface area contributed by atoms with E-state index in [0.29, 0.717) is 11.1 Å². The third-order valence-electron chi connectivity index (χ3n) is 6.85. The fourth-order valence-corrected chi connectivity index (χ4v) is 4.74. The summed E-state index contributed by atoms with van der Waals surface area (Å²) in [5.41, 5.74) is 1.85. The second kappa shape index (κ2) is 11.8. The van der Waals surface area contributed by atoms with Gasteiger partial charge in [0.1, 0.15) is 11.7 Å². The van der Waals surface area contributed by atoms with Gasteiger partial charge in [0, 0.05) is 60.6 Å². The van der Waals surface area contributed by atoms with Gasteiger partial charge in [-0.1, -0.05) is 42.5 Å². The molecule has 0 bridgehead atoms. The molecule has 0 aliphatic rings. The summed E-state index contributed by atoms with van der Waals surface area (Å²) in [5, 5.41) is 26.5. The first-order chi connectivity index (χ1) is 20.6. The number of nitro benzene ring substituents is 2. The number of anilines is 3. The zero-order valence-corrected chi connectivity index (χ0v) is 23.1. The minimum atomic E-state index is -1.34. The van der Waals surface area contributed by atoms with Gasteiger partial charge in [-0.3, -0.25) is 34.7 Å².